The number of benzene rings is 1. The zero-order valence-corrected chi connectivity index (χ0v) is 16.8. The summed E-state index contributed by atoms with van der Waals surface area (Å²) in [5.74, 6) is 0.426. The number of thiophene rings is 1. The molecule has 142 valence electrons. The highest BCUT2D eigenvalue weighted by atomic mass is 35.5. The monoisotopic (exact) mass is 412 g/mol. The average Bonchev–Trinajstić information content (AvgIpc) is 3.26. The summed E-state index contributed by atoms with van der Waals surface area (Å²) in [5.41, 5.74) is 3.24. The predicted octanol–water partition coefficient (Wildman–Crippen LogP) is 4.99. The Morgan fingerprint density at radius 3 is 3.07 bits per heavy atom. The highest BCUT2D eigenvalue weighted by molar-refractivity contribution is 7.17. The van der Waals surface area contributed by atoms with E-state index in [4.69, 9.17) is 26.3 Å². The molecule has 0 N–H and O–H groups in total. The van der Waals surface area contributed by atoms with Crippen molar-refractivity contribution < 1.29 is 14.3 Å². The Morgan fingerprint density at radius 2 is 2.29 bits per heavy atom. The molecule has 0 saturated carbocycles. The highest BCUT2D eigenvalue weighted by Crippen LogP contribution is 2.39. The Morgan fingerprint density at radius 1 is 1.43 bits per heavy atom. The topological polar surface area (TPSA) is 72.2 Å². The standard InChI is InChI=1S/C21H17ClN2O3S/c1-2-26-20(25)7-12-11-28-19-9-14(8-16(22)21(12)19)27-18-6-5-17-15(18)4-3-13(10-23)24-17/h3-4,8-9,11,18H,2,5-7H2,1H3. The lowest BCUT2D eigenvalue weighted by Crippen LogP contribution is -2.07. The maximum atomic E-state index is 11.8. The predicted molar refractivity (Wildman–Crippen MR) is 108 cm³/mol. The number of fused-ring (bicyclic) bond motifs is 2. The minimum absolute atomic E-state index is 0.109. The molecule has 4 rings (SSSR count). The van der Waals surface area contributed by atoms with Gasteiger partial charge in [-0.2, -0.15) is 5.26 Å². The third-order valence-corrected chi connectivity index (χ3v) is 5.99. The van der Waals surface area contributed by atoms with E-state index >= 15 is 0 Å². The lowest BCUT2D eigenvalue weighted by atomic mass is 10.1. The SMILES string of the molecule is CCOC(=O)Cc1csc2cc(OC3CCc4nc(C#N)ccc43)cc(Cl)c12. The van der Waals surface area contributed by atoms with Crippen LogP contribution in [-0.4, -0.2) is 17.6 Å². The number of nitrogens with zero attached hydrogens (tertiary/aromatic N) is 2. The van der Waals surface area contributed by atoms with Crippen molar-refractivity contribution in [3.05, 3.63) is 57.2 Å². The number of hydrogen-bond acceptors (Lipinski definition) is 6. The maximum Gasteiger partial charge on any atom is 0.310 e. The Labute approximate surface area is 171 Å². The summed E-state index contributed by atoms with van der Waals surface area (Å²) in [4.78, 5) is 16.2. The molecule has 0 aliphatic heterocycles. The number of carbonyl (C=O) groups is 1. The number of aromatic nitrogens is 1. The minimum Gasteiger partial charge on any atom is -0.486 e. The van der Waals surface area contributed by atoms with Gasteiger partial charge in [-0.25, -0.2) is 4.98 Å². The summed E-state index contributed by atoms with van der Waals surface area (Å²) in [7, 11) is 0. The molecule has 5 nitrogen and oxygen atoms in total. The van der Waals surface area contributed by atoms with Gasteiger partial charge in [0.2, 0.25) is 0 Å². The molecular formula is C21H17ClN2O3S. The van der Waals surface area contributed by atoms with Crippen LogP contribution in [0.1, 0.15) is 42.0 Å². The first-order valence-corrected chi connectivity index (χ1v) is 10.3. The number of esters is 1. The molecule has 2 aromatic heterocycles. The summed E-state index contributed by atoms with van der Waals surface area (Å²) in [6.45, 7) is 2.15. The summed E-state index contributed by atoms with van der Waals surface area (Å²) >= 11 is 8.05. The molecule has 0 fully saturated rings. The lowest BCUT2D eigenvalue weighted by molar-refractivity contribution is -0.142. The Kier molecular flexibility index (Phi) is 5.21. The van der Waals surface area contributed by atoms with E-state index in [2.05, 4.69) is 11.1 Å². The summed E-state index contributed by atoms with van der Waals surface area (Å²) < 4.78 is 12.2. The summed E-state index contributed by atoms with van der Waals surface area (Å²) in [6, 6.07) is 9.46. The molecular weight excluding hydrogens is 396 g/mol. The summed E-state index contributed by atoms with van der Waals surface area (Å²) in [5, 5.41) is 12.4. The van der Waals surface area contributed by atoms with Crippen molar-refractivity contribution in [2.24, 2.45) is 0 Å². The van der Waals surface area contributed by atoms with Crippen molar-refractivity contribution in [3.8, 4) is 11.8 Å². The van der Waals surface area contributed by atoms with Crippen LogP contribution in [0.25, 0.3) is 10.1 Å². The third-order valence-electron chi connectivity index (χ3n) is 4.71. The molecule has 7 heteroatoms. The quantitative estimate of drug-likeness (QED) is 0.552. The van der Waals surface area contributed by atoms with Crippen molar-refractivity contribution in [2.75, 3.05) is 6.61 Å². The fraction of sp³-hybridized carbons (Fsp3) is 0.286. The van der Waals surface area contributed by atoms with Crippen LogP contribution in [0.2, 0.25) is 5.02 Å². The number of hydrogen-bond donors (Lipinski definition) is 0. The van der Waals surface area contributed by atoms with Gasteiger partial charge in [0.25, 0.3) is 0 Å². The Balaban J connectivity index is 1.58. The molecule has 0 saturated heterocycles. The van der Waals surface area contributed by atoms with Crippen molar-refractivity contribution in [2.45, 2.75) is 32.3 Å². The van der Waals surface area contributed by atoms with Gasteiger partial charge in [-0.05, 0) is 48.9 Å². The van der Waals surface area contributed by atoms with E-state index in [0.29, 0.717) is 23.1 Å². The van der Waals surface area contributed by atoms with Gasteiger partial charge in [0.05, 0.1) is 18.1 Å². The molecule has 28 heavy (non-hydrogen) atoms. The number of nitriles is 1. The Hall–Kier alpha value is -2.62. The van der Waals surface area contributed by atoms with Gasteiger partial charge in [-0.15, -0.1) is 11.3 Å². The second kappa shape index (κ2) is 7.78. The molecule has 2 heterocycles. The van der Waals surface area contributed by atoms with Gasteiger partial charge >= 0.3 is 5.97 Å². The fourth-order valence-electron chi connectivity index (χ4n) is 3.50. The number of ether oxygens (including phenoxy) is 2. The van der Waals surface area contributed by atoms with Crippen LogP contribution in [-0.2, 0) is 22.4 Å². The van der Waals surface area contributed by atoms with Crippen LogP contribution in [0.15, 0.2) is 29.6 Å². The zero-order chi connectivity index (χ0) is 19.7. The van der Waals surface area contributed by atoms with Crippen molar-refractivity contribution in [1.29, 1.82) is 5.26 Å². The van der Waals surface area contributed by atoms with Gasteiger partial charge < -0.3 is 9.47 Å². The Bertz CT molecular complexity index is 1100. The van der Waals surface area contributed by atoms with E-state index in [1.165, 1.54) is 11.3 Å². The molecule has 3 aromatic rings. The number of pyridine rings is 1. The van der Waals surface area contributed by atoms with E-state index in [0.717, 1.165) is 39.7 Å². The molecule has 1 unspecified atom stereocenters. The molecule has 1 aliphatic rings. The van der Waals surface area contributed by atoms with Crippen LogP contribution in [0.4, 0.5) is 0 Å². The van der Waals surface area contributed by atoms with Gasteiger partial charge in [0, 0.05) is 21.3 Å². The molecule has 0 radical (unpaired) electrons. The molecule has 1 atom stereocenters. The molecule has 0 amide bonds. The van der Waals surface area contributed by atoms with Crippen molar-refractivity contribution in [1.82, 2.24) is 4.98 Å². The van der Waals surface area contributed by atoms with Gasteiger partial charge in [0.1, 0.15) is 23.6 Å². The van der Waals surface area contributed by atoms with Crippen LogP contribution in [0, 0.1) is 11.3 Å². The van der Waals surface area contributed by atoms with Crippen molar-refractivity contribution >= 4 is 39.0 Å². The van der Waals surface area contributed by atoms with Crippen LogP contribution < -0.4 is 4.74 Å². The van der Waals surface area contributed by atoms with E-state index in [1.54, 1.807) is 19.1 Å². The van der Waals surface area contributed by atoms with E-state index < -0.39 is 0 Å². The second-order valence-electron chi connectivity index (χ2n) is 6.51. The number of aryl methyl sites for hydroxylation is 1. The fourth-order valence-corrected chi connectivity index (χ4v) is 4.90. The third kappa shape index (κ3) is 3.56. The minimum atomic E-state index is -0.259. The number of carbonyl (C=O) groups excluding carboxylic acids is 1. The van der Waals surface area contributed by atoms with Crippen LogP contribution in [0.5, 0.6) is 5.75 Å². The van der Waals surface area contributed by atoms with Gasteiger partial charge in [-0.1, -0.05) is 17.7 Å². The van der Waals surface area contributed by atoms with Crippen molar-refractivity contribution in [3.63, 3.8) is 0 Å². The maximum absolute atomic E-state index is 11.8. The normalized spacial score (nSPS) is 15.2. The van der Waals surface area contributed by atoms with E-state index in [-0.39, 0.29) is 18.5 Å². The van der Waals surface area contributed by atoms with Gasteiger partial charge in [-0.3, -0.25) is 4.79 Å². The molecule has 1 aliphatic carbocycles. The number of halogens is 1. The smallest absolute Gasteiger partial charge is 0.310 e. The van der Waals surface area contributed by atoms with Gasteiger partial charge in [0.15, 0.2) is 0 Å². The van der Waals surface area contributed by atoms with E-state index in [1.807, 2.05) is 17.5 Å². The highest BCUT2D eigenvalue weighted by Gasteiger charge is 2.26. The first kappa shape index (κ1) is 18.7. The van der Waals surface area contributed by atoms with E-state index in [9.17, 15) is 4.79 Å². The number of rotatable bonds is 5. The molecule has 0 spiro atoms. The first-order chi connectivity index (χ1) is 13.6. The molecule has 0 bridgehead atoms. The lowest BCUT2D eigenvalue weighted by Gasteiger charge is -2.15. The average molecular weight is 413 g/mol. The van der Waals surface area contributed by atoms with Crippen LogP contribution in [0.3, 0.4) is 0 Å². The first-order valence-electron chi connectivity index (χ1n) is 9.01. The summed E-state index contributed by atoms with van der Waals surface area (Å²) in [6.07, 6.45) is 1.69. The largest absolute Gasteiger partial charge is 0.486 e. The van der Waals surface area contributed by atoms with Crippen LogP contribution >= 0.6 is 22.9 Å². The molecule has 1 aromatic carbocycles. The second-order valence-corrected chi connectivity index (χ2v) is 7.83. The zero-order valence-electron chi connectivity index (χ0n) is 15.2.